The highest BCUT2D eigenvalue weighted by atomic mass is 32.1. The highest BCUT2D eigenvalue weighted by molar-refractivity contribution is 7.09. The average Bonchev–Trinajstić information content (AvgIpc) is 3.42. The molecule has 30 heavy (non-hydrogen) atoms. The van der Waals surface area contributed by atoms with E-state index in [2.05, 4.69) is 62.9 Å². The maximum absolute atomic E-state index is 5.36. The van der Waals surface area contributed by atoms with Gasteiger partial charge in [0.1, 0.15) is 11.1 Å². The lowest BCUT2D eigenvalue weighted by Gasteiger charge is -2.23. The van der Waals surface area contributed by atoms with E-state index < -0.39 is 0 Å². The van der Waals surface area contributed by atoms with Crippen molar-refractivity contribution >= 4 is 17.3 Å². The topological polar surface area (TPSA) is 53.0 Å². The number of nitrogens with zero attached hydrogens (tertiary/aromatic N) is 4. The van der Waals surface area contributed by atoms with Gasteiger partial charge in [-0.05, 0) is 37.8 Å². The minimum Gasteiger partial charge on any atom is -0.375 e. The molecule has 1 aliphatic heterocycles. The summed E-state index contributed by atoms with van der Waals surface area (Å²) in [6.07, 6.45) is 2.41. The molecule has 2 heterocycles. The second kappa shape index (κ2) is 11.4. The van der Waals surface area contributed by atoms with Crippen LogP contribution in [0.15, 0.2) is 40.7 Å². The third-order valence-electron chi connectivity index (χ3n) is 5.72. The molecule has 1 aliphatic rings. The summed E-state index contributed by atoms with van der Waals surface area (Å²) in [5.41, 5.74) is 2.48. The molecule has 7 heteroatoms. The standard InChI is InChI=1S/C23H35N5OS/c1-18(29-4)22-26-21(17-30-22)16-27(3)23(24-2)25-14-20-11-13-28(15-20)12-10-19-8-6-5-7-9-19/h5-9,17-18,20H,10-16H2,1-4H3,(H,24,25). The van der Waals surface area contributed by atoms with E-state index in [1.165, 1.54) is 18.5 Å². The molecule has 0 amide bonds. The van der Waals surface area contributed by atoms with Crippen molar-refractivity contribution in [1.82, 2.24) is 20.1 Å². The van der Waals surface area contributed by atoms with Crippen LogP contribution in [0.4, 0.5) is 0 Å². The number of nitrogens with one attached hydrogen (secondary N) is 1. The zero-order valence-electron chi connectivity index (χ0n) is 18.7. The molecule has 2 unspecified atom stereocenters. The molecule has 3 rings (SSSR count). The summed E-state index contributed by atoms with van der Waals surface area (Å²) in [5.74, 6) is 1.59. The van der Waals surface area contributed by atoms with Crippen molar-refractivity contribution in [3.05, 3.63) is 52.0 Å². The van der Waals surface area contributed by atoms with Crippen LogP contribution in [0.2, 0.25) is 0 Å². The summed E-state index contributed by atoms with van der Waals surface area (Å²) < 4.78 is 5.36. The van der Waals surface area contributed by atoms with E-state index in [9.17, 15) is 0 Å². The van der Waals surface area contributed by atoms with Crippen molar-refractivity contribution in [3.8, 4) is 0 Å². The van der Waals surface area contributed by atoms with Gasteiger partial charge in [0.15, 0.2) is 5.96 Å². The van der Waals surface area contributed by atoms with E-state index in [1.54, 1.807) is 18.4 Å². The van der Waals surface area contributed by atoms with Gasteiger partial charge in [-0.25, -0.2) is 4.98 Å². The van der Waals surface area contributed by atoms with Crippen LogP contribution in [0.3, 0.4) is 0 Å². The van der Waals surface area contributed by atoms with Crippen molar-refractivity contribution in [2.24, 2.45) is 10.9 Å². The fourth-order valence-corrected chi connectivity index (χ4v) is 4.68. The molecule has 164 valence electrons. The molecule has 1 N–H and O–H groups in total. The number of hydrogen-bond acceptors (Lipinski definition) is 5. The number of rotatable bonds is 9. The van der Waals surface area contributed by atoms with Crippen LogP contribution < -0.4 is 5.32 Å². The Hall–Kier alpha value is -1.96. The van der Waals surface area contributed by atoms with Crippen LogP contribution in [-0.4, -0.2) is 68.1 Å². The molecule has 0 saturated carbocycles. The zero-order chi connectivity index (χ0) is 21.3. The second-order valence-electron chi connectivity index (χ2n) is 8.03. The molecular formula is C23H35N5OS. The van der Waals surface area contributed by atoms with Crippen LogP contribution in [0.25, 0.3) is 0 Å². The molecule has 1 saturated heterocycles. The van der Waals surface area contributed by atoms with Crippen molar-refractivity contribution in [1.29, 1.82) is 0 Å². The van der Waals surface area contributed by atoms with Gasteiger partial charge in [-0.2, -0.15) is 0 Å². The van der Waals surface area contributed by atoms with Gasteiger partial charge in [0.05, 0.1) is 12.2 Å². The molecule has 0 bridgehead atoms. The SMILES string of the molecule is CN=C(NCC1CCN(CCc2ccccc2)C1)N(C)Cc1csc(C(C)OC)n1. The number of benzene rings is 1. The van der Waals surface area contributed by atoms with Gasteiger partial charge in [-0.15, -0.1) is 11.3 Å². The van der Waals surface area contributed by atoms with Crippen LogP contribution in [0.5, 0.6) is 0 Å². The number of ether oxygens (including phenoxy) is 1. The van der Waals surface area contributed by atoms with E-state index in [-0.39, 0.29) is 6.10 Å². The Bertz CT molecular complexity index is 794. The Balaban J connectivity index is 1.41. The normalized spacial score (nSPS) is 18.5. The molecular weight excluding hydrogens is 394 g/mol. The molecule has 1 aromatic heterocycles. The number of hydrogen-bond donors (Lipinski definition) is 1. The van der Waals surface area contributed by atoms with Gasteiger partial charge in [-0.3, -0.25) is 4.99 Å². The number of guanidine groups is 1. The molecule has 2 atom stereocenters. The van der Waals surface area contributed by atoms with Gasteiger partial charge in [-0.1, -0.05) is 30.3 Å². The van der Waals surface area contributed by atoms with Crippen LogP contribution in [0.1, 0.15) is 35.7 Å². The fraction of sp³-hybridized carbons (Fsp3) is 0.565. The maximum Gasteiger partial charge on any atom is 0.193 e. The number of thiazole rings is 1. The average molecular weight is 430 g/mol. The van der Waals surface area contributed by atoms with Crippen LogP contribution in [0, 0.1) is 5.92 Å². The van der Waals surface area contributed by atoms with Crippen molar-refractivity contribution in [3.63, 3.8) is 0 Å². The summed E-state index contributed by atoms with van der Waals surface area (Å²) in [4.78, 5) is 13.9. The summed E-state index contributed by atoms with van der Waals surface area (Å²) in [6, 6.07) is 10.8. The lowest BCUT2D eigenvalue weighted by atomic mass is 10.1. The molecule has 0 radical (unpaired) electrons. The number of aliphatic imine (C=N–C) groups is 1. The van der Waals surface area contributed by atoms with Gasteiger partial charge in [0, 0.05) is 46.2 Å². The van der Waals surface area contributed by atoms with Crippen LogP contribution >= 0.6 is 11.3 Å². The van der Waals surface area contributed by atoms with E-state index in [0.29, 0.717) is 5.92 Å². The fourth-order valence-electron chi connectivity index (χ4n) is 3.84. The van der Waals surface area contributed by atoms with E-state index in [1.807, 2.05) is 14.0 Å². The first-order chi connectivity index (χ1) is 14.6. The Morgan fingerprint density at radius 3 is 2.93 bits per heavy atom. The monoisotopic (exact) mass is 429 g/mol. The first-order valence-corrected chi connectivity index (χ1v) is 11.6. The molecule has 1 aromatic carbocycles. The molecule has 6 nitrogen and oxygen atoms in total. The Morgan fingerprint density at radius 1 is 1.40 bits per heavy atom. The third kappa shape index (κ3) is 6.52. The Kier molecular flexibility index (Phi) is 8.66. The summed E-state index contributed by atoms with van der Waals surface area (Å²) in [6.45, 7) is 7.21. The Labute approximate surface area is 185 Å². The predicted octanol–water partition coefficient (Wildman–Crippen LogP) is 3.42. The van der Waals surface area contributed by atoms with Gasteiger partial charge in [0.2, 0.25) is 0 Å². The number of aromatic nitrogens is 1. The zero-order valence-corrected chi connectivity index (χ0v) is 19.5. The first-order valence-electron chi connectivity index (χ1n) is 10.7. The van der Waals surface area contributed by atoms with E-state index >= 15 is 0 Å². The Morgan fingerprint density at radius 2 is 2.20 bits per heavy atom. The molecule has 0 spiro atoms. The van der Waals surface area contributed by atoms with Gasteiger partial charge in [0.25, 0.3) is 0 Å². The van der Waals surface area contributed by atoms with E-state index in [4.69, 9.17) is 9.72 Å². The largest absolute Gasteiger partial charge is 0.375 e. The highest BCUT2D eigenvalue weighted by Gasteiger charge is 2.22. The number of likely N-dealkylation sites (tertiary alicyclic amines) is 1. The summed E-state index contributed by atoms with van der Waals surface area (Å²) >= 11 is 1.65. The maximum atomic E-state index is 5.36. The summed E-state index contributed by atoms with van der Waals surface area (Å²) in [5, 5.41) is 6.69. The minimum absolute atomic E-state index is 0.0405. The van der Waals surface area contributed by atoms with E-state index in [0.717, 1.165) is 49.3 Å². The molecule has 0 aliphatic carbocycles. The number of methoxy groups -OCH3 is 1. The second-order valence-corrected chi connectivity index (χ2v) is 8.92. The van der Waals surface area contributed by atoms with Crippen molar-refractivity contribution in [2.45, 2.75) is 32.4 Å². The highest BCUT2D eigenvalue weighted by Crippen LogP contribution is 2.21. The first kappa shape index (κ1) is 22.7. The van der Waals surface area contributed by atoms with Gasteiger partial charge >= 0.3 is 0 Å². The van der Waals surface area contributed by atoms with Crippen molar-refractivity contribution < 1.29 is 4.74 Å². The predicted molar refractivity (Wildman–Crippen MR) is 125 cm³/mol. The summed E-state index contributed by atoms with van der Waals surface area (Å²) in [7, 11) is 5.63. The lowest BCUT2D eigenvalue weighted by molar-refractivity contribution is 0.119. The molecule has 2 aromatic rings. The van der Waals surface area contributed by atoms with Crippen molar-refractivity contribution in [2.75, 3.05) is 47.4 Å². The van der Waals surface area contributed by atoms with Gasteiger partial charge < -0.3 is 19.9 Å². The smallest absolute Gasteiger partial charge is 0.193 e. The quantitative estimate of drug-likeness (QED) is 0.489. The minimum atomic E-state index is 0.0405. The third-order valence-corrected chi connectivity index (χ3v) is 6.78. The molecule has 1 fully saturated rings. The lowest BCUT2D eigenvalue weighted by Crippen LogP contribution is -2.41. The van der Waals surface area contributed by atoms with Crippen LogP contribution in [-0.2, 0) is 17.7 Å².